The average Bonchev–Trinajstić information content (AvgIpc) is 3.25. The lowest BCUT2D eigenvalue weighted by molar-refractivity contribution is 0.200. The third-order valence-corrected chi connectivity index (χ3v) is 5.87. The van der Waals surface area contributed by atoms with Gasteiger partial charge in [-0.3, -0.25) is 4.90 Å². The number of nitrogens with two attached hydrogens (primary N) is 1. The number of piperazine rings is 1. The van der Waals surface area contributed by atoms with Gasteiger partial charge in [0.1, 0.15) is 12.4 Å². The highest BCUT2D eigenvalue weighted by atomic mass is 32.2. The van der Waals surface area contributed by atoms with Gasteiger partial charge in [0.15, 0.2) is 0 Å². The van der Waals surface area contributed by atoms with Gasteiger partial charge < -0.3 is 9.64 Å². The molecule has 1 fully saturated rings. The fourth-order valence-corrected chi connectivity index (χ4v) is 3.82. The number of rotatable bonds is 7. The summed E-state index contributed by atoms with van der Waals surface area (Å²) in [7, 11) is -3.69. The van der Waals surface area contributed by atoms with Crippen molar-refractivity contribution < 1.29 is 13.2 Å². The number of benzene rings is 2. The summed E-state index contributed by atoms with van der Waals surface area (Å²) in [6.07, 6.45) is 0. The minimum Gasteiger partial charge on any atom is -0.492 e. The van der Waals surface area contributed by atoms with Gasteiger partial charge in [0.25, 0.3) is 0 Å². The lowest BCUT2D eigenvalue weighted by atomic mass is 10.3. The Morgan fingerprint density at radius 1 is 0.967 bits per heavy atom. The summed E-state index contributed by atoms with van der Waals surface area (Å²) in [5.41, 5.74) is 0.932. The number of sulfonamides is 1. The molecule has 158 valence electrons. The van der Waals surface area contributed by atoms with Crippen molar-refractivity contribution in [2.24, 2.45) is 5.14 Å². The fourth-order valence-electron chi connectivity index (χ4n) is 3.31. The van der Waals surface area contributed by atoms with Crippen LogP contribution in [0.1, 0.15) is 0 Å². The first-order valence-electron chi connectivity index (χ1n) is 9.57. The van der Waals surface area contributed by atoms with Crippen molar-refractivity contribution in [3.8, 4) is 11.4 Å². The molecule has 1 aliphatic rings. The molecule has 0 radical (unpaired) electrons. The second kappa shape index (κ2) is 8.78. The van der Waals surface area contributed by atoms with Gasteiger partial charge in [-0.1, -0.05) is 23.3 Å². The van der Waals surface area contributed by atoms with E-state index < -0.39 is 10.0 Å². The van der Waals surface area contributed by atoms with E-state index >= 15 is 0 Å². The van der Waals surface area contributed by atoms with Crippen molar-refractivity contribution in [2.45, 2.75) is 4.90 Å². The van der Waals surface area contributed by atoms with Crippen molar-refractivity contribution in [2.75, 3.05) is 44.2 Å². The van der Waals surface area contributed by atoms with Gasteiger partial charge in [-0.25, -0.2) is 13.6 Å². The maximum Gasteiger partial charge on any atom is 0.250 e. The number of tetrazole rings is 1. The summed E-state index contributed by atoms with van der Waals surface area (Å²) in [5.74, 6) is 1.36. The third-order valence-electron chi connectivity index (χ3n) is 4.94. The summed E-state index contributed by atoms with van der Waals surface area (Å²) in [5, 5.41) is 17.3. The van der Waals surface area contributed by atoms with Crippen LogP contribution in [0.5, 0.6) is 5.75 Å². The Bertz CT molecular complexity index is 1060. The van der Waals surface area contributed by atoms with Gasteiger partial charge in [-0.2, -0.15) is 4.68 Å². The van der Waals surface area contributed by atoms with Crippen LogP contribution in [0, 0.1) is 0 Å². The van der Waals surface area contributed by atoms with E-state index in [0.29, 0.717) is 12.4 Å². The first kappa shape index (κ1) is 20.3. The number of para-hydroxylation sites is 1. The number of anilines is 1. The maximum absolute atomic E-state index is 11.3. The largest absolute Gasteiger partial charge is 0.492 e. The van der Waals surface area contributed by atoms with Crippen LogP contribution in [-0.4, -0.2) is 72.9 Å². The minimum absolute atomic E-state index is 0.0730. The molecule has 1 saturated heterocycles. The van der Waals surface area contributed by atoms with Gasteiger partial charge in [0.2, 0.25) is 16.0 Å². The summed E-state index contributed by atoms with van der Waals surface area (Å²) >= 11 is 0. The van der Waals surface area contributed by atoms with Crippen LogP contribution in [0.4, 0.5) is 5.95 Å². The van der Waals surface area contributed by atoms with Crippen molar-refractivity contribution in [3.63, 3.8) is 0 Å². The Kier molecular flexibility index (Phi) is 5.93. The average molecular weight is 430 g/mol. The van der Waals surface area contributed by atoms with E-state index in [1.54, 1.807) is 16.8 Å². The molecule has 0 atom stereocenters. The van der Waals surface area contributed by atoms with E-state index in [2.05, 4.69) is 25.3 Å². The molecule has 3 aromatic rings. The Balaban J connectivity index is 1.26. The topological polar surface area (TPSA) is 119 Å². The molecule has 4 rings (SSSR count). The van der Waals surface area contributed by atoms with Crippen LogP contribution >= 0.6 is 0 Å². The van der Waals surface area contributed by atoms with E-state index in [4.69, 9.17) is 9.88 Å². The summed E-state index contributed by atoms with van der Waals surface area (Å²) in [6, 6.07) is 15.9. The van der Waals surface area contributed by atoms with Gasteiger partial charge in [0, 0.05) is 32.7 Å². The van der Waals surface area contributed by atoms with Gasteiger partial charge in [-0.15, -0.1) is 0 Å². The lowest BCUT2D eigenvalue weighted by Gasteiger charge is -2.34. The second-order valence-corrected chi connectivity index (χ2v) is 8.48. The van der Waals surface area contributed by atoms with Crippen LogP contribution < -0.4 is 14.8 Å². The Morgan fingerprint density at radius 2 is 1.67 bits per heavy atom. The molecule has 2 aromatic carbocycles. The number of nitrogens with zero attached hydrogens (tertiary/aromatic N) is 6. The normalized spacial score (nSPS) is 15.3. The smallest absolute Gasteiger partial charge is 0.250 e. The van der Waals surface area contributed by atoms with E-state index in [-0.39, 0.29) is 4.90 Å². The lowest BCUT2D eigenvalue weighted by Crippen LogP contribution is -2.48. The zero-order chi connectivity index (χ0) is 21.0. The molecule has 0 aliphatic carbocycles. The molecule has 0 spiro atoms. The molecule has 30 heavy (non-hydrogen) atoms. The second-order valence-electron chi connectivity index (χ2n) is 6.92. The van der Waals surface area contributed by atoms with Crippen LogP contribution in [0.2, 0.25) is 0 Å². The van der Waals surface area contributed by atoms with Gasteiger partial charge >= 0.3 is 0 Å². The summed E-state index contributed by atoms with van der Waals surface area (Å²) < 4.78 is 30.1. The van der Waals surface area contributed by atoms with Crippen molar-refractivity contribution in [1.82, 2.24) is 25.1 Å². The molecule has 0 unspecified atom stereocenters. The molecular weight excluding hydrogens is 406 g/mol. The highest BCUT2D eigenvalue weighted by molar-refractivity contribution is 7.89. The van der Waals surface area contributed by atoms with E-state index in [0.717, 1.165) is 44.4 Å². The van der Waals surface area contributed by atoms with E-state index in [1.165, 1.54) is 12.1 Å². The molecular formula is C19H23N7O3S. The molecule has 0 saturated carbocycles. The zero-order valence-electron chi connectivity index (χ0n) is 16.3. The number of hydrogen-bond donors (Lipinski definition) is 1. The predicted octanol–water partition coefficient (Wildman–Crippen LogP) is 0.511. The summed E-state index contributed by atoms with van der Waals surface area (Å²) in [6.45, 7) is 4.65. The Labute approximate surface area is 174 Å². The van der Waals surface area contributed by atoms with Crippen molar-refractivity contribution >= 4 is 16.0 Å². The highest BCUT2D eigenvalue weighted by Gasteiger charge is 2.22. The van der Waals surface area contributed by atoms with Gasteiger partial charge in [0.05, 0.1) is 10.6 Å². The molecule has 2 heterocycles. The van der Waals surface area contributed by atoms with Crippen molar-refractivity contribution in [3.05, 3.63) is 54.6 Å². The molecule has 1 aliphatic heterocycles. The molecule has 10 nitrogen and oxygen atoms in total. The minimum atomic E-state index is -3.69. The summed E-state index contributed by atoms with van der Waals surface area (Å²) in [4.78, 5) is 4.56. The first-order chi connectivity index (χ1) is 14.5. The van der Waals surface area contributed by atoms with Crippen molar-refractivity contribution in [1.29, 1.82) is 0 Å². The van der Waals surface area contributed by atoms with E-state index in [1.807, 2.05) is 30.3 Å². The highest BCUT2D eigenvalue weighted by Crippen LogP contribution is 2.17. The monoisotopic (exact) mass is 429 g/mol. The quantitative estimate of drug-likeness (QED) is 0.577. The molecule has 1 aromatic heterocycles. The fraction of sp³-hybridized carbons (Fsp3) is 0.316. The number of ether oxygens (including phenoxy) is 1. The van der Waals surface area contributed by atoms with E-state index in [9.17, 15) is 8.42 Å². The van der Waals surface area contributed by atoms with Crippen LogP contribution in [0.3, 0.4) is 0 Å². The Morgan fingerprint density at radius 3 is 2.33 bits per heavy atom. The van der Waals surface area contributed by atoms with Crippen LogP contribution in [-0.2, 0) is 10.0 Å². The van der Waals surface area contributed by atoms with Gasteiger partial charge in [-0.05, 0) is 46.8 Å². The third kappa shape index (κ3) is 4.75. The van der Waals surface area contributed by atoms with Crippen LogP contribution in [0.25, 0.3) is 5.69 Å². The molecule has 0 amide bonds. The number of aromatic nitrogens is 4. The molecule has 2 N–H and O–H groups in total. The Hall–Kier alpha value is -3.02. The van der Waals surface area contributed by atoms with Crippen LogP contribution in [0.15, 0.2) is 59.5 Å². The number of hydrogen-bond acceptors (Lipinski definition) is 8. The number of primary sulfonamides is 1. The SMILES string of the molecule is NS(=O)(=O)c1ccc(OCCN2CCN(c3nnnn3-c3ccccc3)CC2)cc1. The molecule has 0 bridgehead atoms. The maximum atomic E-state index is 11.3. The first-order valence-corrected chi connectivity index (χ1v) is 11.1. The zero-order valence-corrected chi connectivity index (χ0v) is 17.1. The standard InChI is InChI=1S/C19H23N7O3S/c20-30(27,28)18-8-6-17(7-9-18)29-15-14-24-10-12-25(13-11-24)19-21-22-23-26(19)16-4-2-1-3-5-16/h1-9H,10-15H2,(H2,20,27,28). The molecule has 11 heteroatoms. The predicted molar refractivity (Wildman–Crippen MR) is 111 cm³/mol.